The molecule has 0 aliphatic carbocycles. The second-order valence-electron chi connectivity index (χ2n) is 4.59. The molecule has 1 amide bonds. The third-order valence-corrected chi connectivity index (χ3v) is 4.29. The van der Waals surface area contributed by atoms with E-state index in [0.717, 1.165) is 15.6 Å². The number of aryl methyl sites for hydroxylation is 1. The number of anilines is 1. The van der Waals surface area contributed by atoms with Crippen LogP contribution in [0.3, 0.4) is 0 Å². The molecular formula is C13H21N3O3S. The van der Waals surface area contributed by atoms with Gasteiger partial charge in [-0.3, -0.25) is 4.79 Å². The van der Waals surface area contributed by atoms with Crippen molar-refractivity contribution >= 4 is 21.8 Å². The molecule has 1 N–H and O–H groups in total. The Kier molecular flexibility index (Phi) is 5.67. The highest BCUT2D eigenvalue weighted by molar-refractivity contribution is 7.87. The fourth-order valence-electron chi connectivity index (χ4n) is 1.68. The Morgan fingerprint density at radius 3 is 2.45 bits per heavy atom. The molecule has 1 aromatic carbocycles. The number of nitrogens with zero attached hydrogens (tertiary/aromatic N) is 2. The molecule has 0 spiro atoms. The predicted molar refractivity (Wildman–Crippen MR) is 79.8 cm³/mol. The number of rotatable bonds is 6. The number of carbonyl (C=O) groups is 1. The minimum atomic E-state index is -3.59. The number of nitrogens with one attached hydrogen (secondary N) is 1. The summed E-state index contributed by atoms with van der Waals surface area (Å²) in [5, 5.41) is 0. The first kappa shape index (κ1) is 16.6. The van der Waals surface area contributed by atoms with Crippen molar-refractivity contribution in [2.45, 2.75) is 13.8 Å². The van der Waals surface area contributed by atoms with E-state index in [0.29, 0.717) is 6.54 Å². The summed E-state index contributed by atoms with van der Waals surface area (Å²) in [6.07, 6.45) is 0. The number of benzene rings is 1. The van der Waals surface area contributed by atoms with Gasteiger partial charge in [0.1, 0.15) is 0 Å². The molecule has 6 nitrogen and oxygen atoms in total. The van der Waals surface area contributed by atoms with Gasteiger partial charge in [-0.1, -0.05) is 12.1 Å². The van der Waals surface area contributed by atoms with Crippen molar-refractivity contribution in [3.05, 3.63) is 29.8 Å². The Labute approximate surface area is 120 Å². The quantitative estimate of drug-likeness (QED) is 0.842. The molecule has 0 radical (unpaired) electrons. The third kappa shape index (κ3) is 4.29. The first-order valence-electron chi connectivity index (χ1n) is 6.32. The maximum atomic E-state index is 12.1. The smallest absolute Gasteiger partial charge is 0.279 e. The van der Waals surface area contributed by atoms with Gasteiger partial charge in [0, 0.05) is 26.3 Å². The van der Waals surface area contributed by atoms with Crippen LogP contribution in [0.5, 0.6) is 0 Å². The lowest BCUT2D eigenvalue weighted by Gasteiger charge is -2.22. The highest BCUT2D eigenvalue weighted by atomic mass is 32.2. The summed E-state index contributed by atoms with van der Waals surface area (Å²) < 4.78 is 26.5. The van der Waals surface area contributed by atoms with Gasteiger partial charge in [-0.15, -0.1) is 0 Å². The van der Waals surface area contributed by atoms with Crippen molar-refractivity contribution in [2.24, 2.45) is 0 Å². The minimum absolute atomic E-state index is 0.262. The van der Waals surface area contributed by atoms with E-state index in [1.54, 1.807) is 4.90 Å². The van der Waals surface area contributed by atoms with E-state index < -0.39 is 10.2 Å². The van der Waals surface area contributed by atoms with Gasteiger partial charge in [0.15, 0.2) is 0 Å². The van der Waals surface area contributed by atoms with E-state index in [1.165, 1.54) is 14.1 Å². The highest BCUT2D eigenvalue weighted by Gasteiger charge is 2.18. The van der Waals surface area contributed by atoms with Gasteiger partial charge < -0.3 is 4.90 Å². The maximum absolute atomic E-state index is 12.1. The summed E-state index contributed by atoms with van der Waals surface area (Å²) in [5.74, 6) is -0.288. The van der Waals surface area contributed by atoms with Gasteiger partial charge in [0.2, 0.25) is 5.91 Å². The van der Waals surface area contributed by atoms with Gasteiger partial charge in [-0.05, 0) is 31.5 Å². The molecule has 0 heterocycles. The summed E-state index contributed by atoms with van der Waals surface area (Å²) in [7, 11) is -0.774. The van der Waals surface area contributed by atoms with E-state index in [4.69, 9.17) is 0 Å². The third-order valence-electron chi connectivity index (χ3n) is 2.82. The van der Waals surface area contributed by atoms with Crippen molar-refractivity contribution < 1.29 is 13.2 Å². The topological polar surface area (TPSA) is 69.7 Å². The first-order chi connectivity index (χ1) is 9.27. The Morgan fingerprint density at radius 1 is 1.30 bits per heavy atom. The Balaban J connectivity index is 2.79. The molecule has 0 atom stereocenters. The van der Waals surface area contributed by atoms with Crippen LogP contribution in [0.25, 0.3) is 0 Å². The van der Waals surface area contributed by atoms with E-state index in [-0.39, 0.29) is 12.5 Å². The second kappa shape index (κ2) is 6.83. The van der Waals surface area contributed by atoms with Crippen molar-refractivity contribution in [1.82, 2.24) is 9.03 Å². The molecule has 112 valence electrons. The van der Waals surface area contributed by atoms with E-state index in [9.17, 15) is 13.2 Å². The van der Waals surface area contributed by atoms with Crippen LogP contribution in [0.1, 0.15) is 12.5 Å². The van der Waals surface area contributed by atoms with Crippen LogP contribution in [0.2, 0.25) is 0 Å². The number of amides is 1. The van der Waals surface area contributed by atoms with Crippen LogP contribution in [0.4, 0.5) is 5.69 Å². The number of carbonyl (C=O) groups excluding carboxylic acids is 1. The Hall–Kier alpha value is -1.44. The zero-order valence-corrected chi connectivity index (χ0v) is 13.1. The lowest BCUT2D eigenvalue weighted by atomic mass is 10.2. The molecule has 0 saturated carbocycles. The zero-order chi connectivity index (χ0) is 15.3. The Bertz CT molecular complexity index is 570. The average Bonchev–Trinajstić information content (AvgIpc) is 2.37. The lowest BCUT2D eigenvalue weighted by Crippen LogP contribution is -2.43. The number of hydrogen-bond donors (Lipinski definition) is 1. The molecule has 7 heteroatoms. The monoisotopic (exact) mass is 299 g/mol. The fraction of sp³-hybridized carbons (Fsp3) is 0.462. The average molecular weight is 299 g/mol. The predicted octanol–water partition coefficient (Wildman–Crippen LogP) is 0.744. The van der Waals surface area contributed by atoms with Crippen molar-refractivity contribution in [2.75, 3.05) is 32.1 Å². The van der Waals surface area contributed by atoms with Gasteiger partial charge in [0.05, 0.1) is 6.54 Å². The highest BCUT2D eigenvalue weighted by Crippen LogP contribution is 2.15. The van der Waals surface area contributed by atoms with Crippen LogP contribution < -0.4 is 9.62 Å². The largest absolute Gasteiger partial charge is 0.312 e. The minimum Gasteiger partial charge on any atom is -0.312 e. The molecule has 0 saturated heterocycles. The summed E-state index contributed by atoms with van der Waals surface area (Å²) in [4.78, 5) is 13.7. The second-order valence-corrected chi connectivity index (χ2v) is 6.55. The van der Waals surface area contributed by atoms with Crippen molar-refractivity contribution in [3.8, 4) is 0 Å². The molecule has 0 aromatic heterocycles. The molecule has 1 aromatic rings. The molecule has 1 rings (SSSR count). The Morgan fingerprint density at radius 2 is 1.95 bits per heavy atom. The maximum Gasteiger partial charge on any atom is 0.279 e. The summed E-state index contributed by atoms with van der Waals surface area (Å²) in [6, 6.07) is 7.53. The first-order valence-corrected chi connectivity index (χ1v) is 7.76. The summed E-state index contributed by atoms with van der Waals surface area (Å²) in [5.41, 5.74) is 1.81. The molecule has 0 bridgehead atoms. The normalized spacial score (nSPS) is 11.7. The van der Waals surface area contributed by atoms with E-state index in [1.807, 2.05) is 38.1 Å². The SMILES string of the molecule is CCN(C(=O)CNS(=O)(=O)N(C)C)c1cccc(C)c1. The summed E-state index contributed by atoms with van der Waals surface area (Å²) >= 11 is 0. The van der Waals surface area contributed by atoms with Gasteiger partial charge in [-0.25, -0.2) is 0 Å². The van der Waals surface area contributed by atoms with E-state index >= 15 is 0 Å². The van der Waals surface area contributed by atoms with Crippen LogP contribution >= 0.6 is 0 Å². The zero-order valence-electron chi connectivity index (χ0n) is 12.3. The molecule has 20 heavy (non-hydrogen) atoms. The van der Waals surface area contributed by atoms with Gasteiger partial charge in [0.25, 0.3) is 10.2 Å². The molecule has 0 aliphatic heterocycles. The van der Waals surface area contributed by atoms with Gasteiger partial charge in [-0.2, -0.15) is 17.4 Å². The van der Waals surface area contributed by atoms with Crippen LogP contribution in [-0.2, 0) is 15.0 Å². The van der Waals surface area contributed by atoms with Crippen LogP contribution in [0.15, 0.2) is 24.3 Å². The number of likely N-dealkylation sites (N-methyl/N-ethyl adjacent to an activating group) is 1. The fourth-order valence-corrected chi connectivity index (χ4v) is 2.24. The van der Waals surface area contributed by atoms with Gasteiger partial charge >= 0.3 is 0 Å². The molecule has 0 fully saturated rings. The molecular weight excluding hydrogens is 278 g/mol. The standard InChI is InChI=1S/C13H21N3O3S/c1-5-16(12-8-6-7-11(2)9-12)13(17)10-14-20(18,19)15(3)4/h6-9,14H,5,10H2,1-4H3. The molecule has 0 unspecified atom stereocenters. The summed E-state index contributed by atoms with van der Waals surface area (Å²) in [6.45, 7) is 4.01. The molecule has 0 aliphatic rings. The van der Waals surface area contributed by atoms with E-state index in [2.05, 4.69) is 4.72 Å². The van der Waals surface area contributed by atoms with Crippen LogP contribution in [-0.4, -0.2) is 45.8 Å². The lowest BCUT2D eigenvalue weighted by molar-refractivity contribution is -0.117. The van der Waals surface area contributed by atoms with Crippen LogP contribution in [0, 0.1) is 6.92 Å². The number of hydrogen-bond acceptors (Lipinski definition) is 3. The van der Waals surface area contributed by atoms with Crippen molar-refractivity contribution in [1.29, 1.82) is 0 Å². The van der Waals surface area contributed by atoms with Crippen molar-refractivity contribution in [3.63, 3.8) is 0 Å².